The van der Waals surface area contributed by atoms with E-state index in [9.17, 15) is 4.79 Å². The van der Waals surface area contributed by atoms with Crippen molar-refractivity contribution < 1.29 is 4.79 Å². The lowest BCUT2D eigenvalue weighted by Gasteiger charge is -2.14. The van der Waals surface area contributed by atoms with Crippen LogP contribution >= 0.6 is 22.9 Å². The van der Waals surface area contributed by atoms with Crippen LogP contribution in [0.4, 0.5) is 0 Å². The largest absolute Gasteiger partial charge is 0.349 e. The van der Waals surface area contributed by atoms with Crippen LogP contribution in [0.25, 0.3) is 10.6 Å². The summed E-state index contributed by atoms with van der Waals surface area (Å²) in [5.74, 6) is -0.0643. The topological polar surface area (TPSA) is 54.9 Å². The van der Waals surface area contributed by atoms with Gasteiger partial charge in [0.05, 0.1) is 18.2 Å². The molecule has 1 atom stereocenters. The van der Waals surface area contributed by atoms with Gasteiger partial charge in [0.2, 0.25) is 5.91 Å². The molecule has 0 fully saturated rings. The van der Waals surface area contributed by atoms with Crippen molar-refractivity contribution in [1.82, 2.24) is 15.3 Å². The Morgan fingerprint density at radius 3 is 2.96 bits per heavy atom. The Balaban J connectivity index is 1.62. The highest BCUT2D eigenvalue weighted by molar-refractivity contribution is 7.13. The molecule has 2 aromatic heterocycles. The summed E-state index contributed by atoms with van der Waals surface area (Å²) >= 11 is 7.50. The van der Waals surface area contributed by atoms with Gasteiger partial charge in [0.15, 0.2) is 0 Å². The third-order valence-electron chi connectivity index (χ3n) is 3.53. The van der Waals surface area contributed by atoms with Crippen molar-refractivity contribution in [2.75, 3.05) is 0 Å². The Kier molecular flexibility index (Phi) is 5.23. The van der Waals surface area contributed by atoms with Crippen LogP contribution in [0.2, 0.25) is 5.02 Å². The summed E-state index contributed by atoms with van der Waals surface area (Å²) in [4.78, 5) is 20.8. The number of benzene rings is 1. The quantitative estimate of drug-likeness (QED) is 0.741. The molecule has 1 amide bonds. The van der Waals surface area contributed by atoms with E-state index in [-0.39, 0.29) is 18.4 Å². The van der Waals surface area contributed by atoms with E-state index in [2.05, 4.69) is 15.3 Å². The molecule has 122 valence electrons. The first-order chi connectivity index (χ1) is 11.6. The zero-order valence-electron chi connectivity index (χ0n) is 13.1. The Morgan fingerprint density at radius 2 is 2.21 bits per heavy atom. The molecule has 1 unspecified atom stereocenters. The molecule has 0 radical (unpaired) electrons. The third-order valence-corrected chi connectivity index (χ3v) is 4.70. The molecule has 0 aliphatic carbocycles. The minimum absolute atomic E-state index is 0.0643. The lowest BCUT2D eigenvalue weighted by atomic mass is 10.1. The molecular weight excluding hydrogens is 342 g/mol. The second kappa shape index (κ2) is 7.55. The van der Waals surface area contributed by atoms with Crippen molar-refractivity contribution in [2.45, 2.75) is 19.4 Å². The molecule has 0 aliphatic heterocycles. The van der Waals surface area contributed by atoms with Crippen LogP contribution in [-0.2, 0) is 11.2 Å². The van der Waals surface area contributed by atoms with Crippen molar-refractivity contribution in [3.05, 3.63) is 70.5 Å². The molecule has 3 aromatic rings. The van der Waals surface area contributed by atoms with E-state index in [0.717, 1.165) is 21.8 Å². The number of nitrogens with zero attached hydrogens (tertiary/aromatic N) is 2. The van der Waals surface area contributed by atoms with Crippen molar-refractivity contribution >= 4 is 28.8 Å². The normalized spacial score (nSPS) is 11.9. The van der Waals surface area contributed by atoms with Crippen molar-refractivity contribution in [3.8, 4) is 10.6 Å². The molecule has 1 aromatic carbocycles. The zero-order valence-corrected chi connectivity index (χ0v) is 14.6. The maximum Gasteiger partial charge on any atom is 0.226 e. The number of thiazole rings is 1. The van der Waals surface area contributed by atoms with E-state index in [4.69, 9.17) is 11.6 Å². The van der Waals surface area contributed by atoms with E-state index >= 15 is 0 Å². The molecule has 4 nitrogen and oxygen atoms in total. The number of carbonyl (C=O) groups is 1. The van der Waals surface area contributed by atoms with Crippen molar-refractivity contribution in [3.63, 3.8) is 0 Å². The first-order valence-corrected chi connectivity index (χ1v) is 8.77. The first kappa shape index (κ1) is 16.6. The number of hydrogen-bond acceptors (Lipinski definition) is 4. The van der Waals surface area contributed by atoms with Crippen LogP contribution < -0.4 is 5.32 Å². The summed E-state index contributed by atoms with van der Waals surface area (Å²) in [5, 5.41) is 6.41. The van der Waals surface area contributed by atoms with Crippen molar-refractivity contribution in [1.29, 1.82) is 0 Å². The van der Waals surface area contributed by atoms with Gasteiger partial charge in [-0.15, -0.1) is 11.3 Å². The van der Waals surface area contributed by atoms with Gasteiger partial charge in [-0.25, -0.2) is 4.98 Å². The van der Waals surface area contributed by atoms with E-state index in [1.54, 1.807) is 12.4 Å². The summed E-state index contributed by atoms with van der Waals surface area (Å²) in [6.07, 6.45) is 3.74. The molecule has 0 saturated carbocycles. The maximum atomic E-state index is 12.2. The van der Waals surface area contributed by atoms with Gasteiger partial charge < -0.3 is 5.32 Å². The molecule has 24 heavy (non-hydrogen) atoms. The van der Waals surface area contributed by atoms with E-state index in [1.807, 2.05) is 48.7 Å². The Labute approximate surface area is 149 Å². The molecular formula is C18H16ClN3OS. The predicted molar refractivity (Wildman–Crippen MR) is 97.1 cm³/mol. The highest BCUT2D eigenvalue weighted by atomic mass is 35.5. The smallest absolute Gasteiger partial charge is 0.226 e. The zero-order chi connectivity index (χ0) is 16.9. The van der Waals surface area contributed by atoms with Crippen LogP contribution in [0.5, 0.6) is 0 Å². The van der Waals surface area contributed by atoms with Gasteiger partial charge in [-0.2, -0.15) is 0 Å². The minimum Gasteiger partial charge on any atom is -0.349 e. The van der Waals surface area contributed by atoms with Gasteiger partial charge in [0.25, 0.3) is 0 Å². The fourth-order valence-electron chi connectivity index (χ4n) is 2.33. The fourth-order valence-corrected chi connectivity index (χ4v) is 3.34. The van der Waals surface area contributed by atoms with Gasteiger partial charge in [0, 0.05) is 28.4 Å². The molecule has 0 saturated heterocycles. The molecule has 0 spiro atoms. The Hall–Kier alpha value is -2.24. The second-order valence-electron chi connectivity index (χ2n) is 5.41. The Bertz CT molecular complexity index is 835. The summed E-state index contributed by atoms with van der Waals surface area (Å²) in [6.45, 7) is 1.94. The van der Waals surface area contributed by atoms with E-state index in [1.165, 1.54) is 11.3 Å². The molecule has 3 rings (SSSR count). The van der Waals surface area contributed by atoms with Gasteiger partial charge in [-0.3, -0.25) is 9.78 Å². The fraction of sp³-hybridized carbons (Fsp3) is 0.167. The predicted octanol–water partition coefficient (Wildman–Crippen LogP) is 4.28. The number of amides is 1. The van der Waals surface area contributed by atoms with Crippen LogP contribution in [-0.4, -0.2) is 15.9 Å². The second-order valence-corrected chi connectivity index (χ2v) is 6.70. The summed E-state index contributed by atoms with van der Waals surface area (Å²) < 4.78 is 0. The standard InChI is InChI=1S/C18H16ClN3OS/c1-12(13-4-2-6-15(19)8-13)21-17(23)9-16-11-24-18(22-16)14-5-3-7-20-10-14/h2-8,10-12H,9H2,1H3,(H,21,23). The first-order valence-electron chi connectivity index (χ1n) is 7.51. The van der Waals surface area contributed by atoms with Gasteiger partial charge in [0.1, 0.15) is 5.01 Å². The monoisotopic (exact) mass is 357 g/mol. The van der Waals surface area contributed by atoms with Crippen LogP contribution in [0, 0.1) is 0 Å². The lowest BCUT2D eigenvalue weighted by molar-refractivity contribution is -0.121. The minimum atomic E-state index is -0.104. The summed E-state index contributed by atoms with van der Waals surface area (Å²) in [7, 11) is 0. The Morgan fingerprint density at radius 1 is 1.33 bits per heavy atom. The van der Waals surface area contributed by atoms with Crippen LogP contribution in [0.1, 0.15) is 24.2 Å². The van der Waals surface area contributed by atoms with E-state index < -0.39 is 0 Å². The number of hydrogen-bond donors (Lipinski definition) is 1. The van der Waals surface area contributed by atoms with E-state index in [0.29, 0.717) is 5.02 Å². The molecule has 1 N–H and O–H groups in total. The maximum absolute atomic E-state index is 12.2. The van der Waals surface area contributed by atoms with Gasteiger partial charge in [-0.1, -0.05) is 23.7 Å². The number of nitrogens with one attached hydrogen (secondary N) is 1. The number of carbonyl (C=O) groups excluding carboxylic acids is 1. The van der Waals surface area contributed by atoms with Crippen LogP contribution in [0.3, 0.4) is 0 Å². The molecule has 6 heteroatoms. The molecule has 0 bridgehead atoms. The van der Waals surface area contributed by atoms with Crippen molar-refractivity contribution in [2.24, 2.45) is 0 Å². The highest BCUT2D eigenvalue weighted by Gasteiger charge is 2.13. The average Bonchev–Trinajstić information content (AvgIpc) is 3.04. The number of halogens is 1. The number of pyridine rings is 1. The highest BCUT2D eigenvalue weighted by Crippen LogP contribution is 2.23. The average molecular weight is 358 g/mol. The summed E-state index contributed by atoms with van der Waals surface area (Å²) in [6, 6.07) is 11.2. The lowest BCUT2D eigenvalue weighted by Crippen LogP contribution is -2.28. The number of aromatic nitrogens is 2. The third kappa shape index (κ3) is 4.19. The molecule has 0 aliphatic rings. The van der Waals surface area contributed by atoms with Gasteiger partial charge in [-0.05, 0) is 36.8 Å². The molecule has 2 heterocycles. The number of rotatable bonds is 5. The SMILES string of the molecule is CC(NC(=O)Cc1csc(-c2cccnc2)n1)c1cccc(Cl)c1. The summed E-state index contributed by atoms with van der Waals surface area (Å²) in [5.41, 5.74) is 2.70. The van der Waals surface area contributed by atoms with Crippen LogP contribution in [0.15, 0.2) is 54.2 Å². The van der Waals surface area contributed by atoms with Gasteiger partial charge >= 0.3 is 0 Å².